The summed E-state index contributed by atoms with van der Waals surface area (Å²) >= 11 is 7.36. The molecule has 1 N–H and O–H groups in total. The minimum absolute atomic E-state index is 0.262. The Bertz CT molecular complexity index is 1130. The largest absolute Gasteiger partial charge is 0.479 e. The lowest BCUT2D eigenvalue weighted by atomic mass is 10.1. The van der Waals surface area contributed by atoms with Crippen molar-refractivity contribution >= 4 is 50.4 Å². The van der Waals surface area contributed by atoms with E-state index in [1.54, 1.807) is 17.0 Å². The van der Waals surface area contributed by atoms with Gasteiger partial charge in [-0.3, -0.25) is 15.0 Å². The van der Waals surface area contributed by atoms with Gasteiger partial charge >= 0.3 is 12.0 Å². The van der Waals surface area contributed by atoms with E-state index in [0.29, 0.717) is 52.6 Å². The SMILES string of the molecule is COc1ncnc2sc(NC(=O)N3CCN(C(OC(C)=O)c4cccc(Cl)c4)CC3)nc12. The summed E-state index contributed by atoms with van der Waals surface area (Å²) in [6, 6.07) is 6.96. The fraction of sp³-hybridized carbons (Fsp3) is 0.350. The first kappa shape index (κ1) is 22.2. The molecule has 12 heteroatoms. The summed E-state index contributed by atoms with van der Waals surface area (Å²) in [4.78, 5) is 41.3. The summed E-state index contributed by atoms with van der Waals surface area (Å²) < 4.78 is 10.7. The molecule has 2 amide bonds. The van der Waals surface area contributed by atoms with Crippen LogP contribution in [0.1, 0.15) is 18.7 Å². The summed E-state index contributed by atoms with van der Waals surface area (Å²) in [5.41, 5.74) is 1.29. The lowest BCUT2D eigenvalue weighted by Gasteiger charge is -2.38. The maximum atomic E-state index is 12.8. The number of hydrogen-bond acceptors (Lipinski definition) is 9. The number of nitrogens with zero attached hydrogens (tertiary/aromatic N) is 5. The van der Waals surface area contributed by atoms with Crippen LogP contribution in [-0.4, -0.2) is 70.0 Å². The third-order valence-electron chi connectivity index (χ3n) is 4.91. The predicted molar refractivity (Wildman–Crippen MR) is 120 cm³/mol. The number of thiazole rings is 1. The summed E-state index contributed by atoms with van der Waals surface area (Å²) in [5.74, 6) is -0.0256. The molecule has 0 bridgehead atoms. The molecular weight excluding hydrogens is 456 g/mol. The van der Waals surface area contributed by atoms with Crippen LogP contribution in [0.15, 0.2) is 30.6 Å². The quantitative estimate of drug-likeness (QED) is 0.559. The van der Waals surface area contributed by atoms with Crippen molar-refractivity contribution < 1.29 is 19.1 Å². The zero-order chi connectivity index (χ0) is 22.7. The van der Waals surface area contributed by atoms with E-state index in [4.69, 9.17) is 21.1 Å². The lowest BCUT2D eigenvalue weighted by Crippen LogP contribution is -2.51. The van der Waals surface area contributed by atoms with Crippen LogP contribution in [0.25, 0.3) is 10.3 Å². The molecule has 1 unspecified atom stereocenters. The van der Waals surface area contributed by atoms with Crippen LogP contribution in [-0.2, 0) is 9.53 Å². The standard InChI is InChI=1S/C20H21ClN6O4S/c1-12(28)31-18(13-4-3-5-14(21)10-13)26-6-8-27(9-7-26)20(29)25-19-24-15-16(30-2)22-11-23-17(15)32-19/h3-5,10-11,18H,6-9H2,1-2H3,(H,24,25,29). The number of urea groups is 1. The molecular formula is C20H21ClN6O4S. The molecule has 10 nitrogen and oxygen atoms in total. The highest BCUT2D eigenvalue weighted by molar-refractivity contribution is 7.22. The number of fused-ring (bicyclic) bond motifs is 1. The normalized spacial score (nSPS) is 15.4. The number of esters is 1. The van der Waals surface area contributed by atoms with Gasteiger partial charge in [-0.05, 0) is 12.1 Å². The Labute approximate surface area is 193 Å². The van der Waals surface area contributed by atoms with Crippen molar-refractivity contribution in [1.82, 2.24) is 24.8 Å². The number of benzene rings is 1. The van der Waals surface area contributed by atoms with E-state index in [0.717, 1.165) is 5.56 Å². The molecule has 4 rings (SSSR count). The highest BCUT2D eigenvalue weighted by Crippen LogP contribution is 2.29. The number of methoxy groups -OCH3 is 1. The third kappa shape index (κ3) is 4.90. The van der Waals surface area contributed by atoms with Gasteiger partial charge < -0.3 is 14.4 Å². The van der Waals surface area contributed by atoms with E-state index in [2.05, 4.69) is 20.3 Å². The Hall–Kier alpha value is -3.02. The summed E-state index contributed by atoms with van der Waals surface area (Å²) in [5, 5.41) is 3.80. The van der Waals surface area contributed by atoms with Gasteiger partial charge in [-0.25, -0.2) is 14.8 Å². The van der Waals surface area contributed by atoms with Gasteiger partial charge in [-0.1, -0.05) is 35.1 Å². The highest BCUT2D eigenvalue weighted by Gasteiger charge is 2.29. The zero-order valence-electron chi connectivity index (χ0n) is 17.4. The van der Waals surface area contributed by atoms with Crippen LogP contribution in [0.4, 0.5) is 9.93 Å². The number of carbonyl (C=O) groups excluding carboxylic acids is 2. The van der Waals surface area contributed by atoms with Crippen molar-refractivity contribution in [2.75, 3.05) is 38.6 Å². The highest BCUT2D eigenvalue weighted by atomic mass is 35.5. The predicted octanol–water partition coefficient (Wildman–Crippen LogP) is 3.16. The van der Waals surface area contributed by atoms with Crippen molar-refractivity contribution in [2.45, 2.75) is 13.2 Å². The summed E-state index contributed by atoms with van der Waals surface area (Å²) in [6.07, 6.45) is 0.829. The van der Waals surface area contributed by atoms with E-state index in [9.17, 15) is 9.59 Å². The van der Waals surface area contributed by atoms with Gasteiger partial charge in [0.05, 0.1) is 7.11 Å². The Morgan fingerprint density at radius 2 is 2.00 bits per heavy atom. The van der Waals surface area contributed by atoms with Gasteiger partial charge in [0.15, 0.2) is 21.7 Å². The number of piperazine rings is 1. The Balaban J connectivity index is 1.41. The van der Waals surface area contributed by atoms with Crippen molar-refractivity contribution in [2.24, 2.45) is 0 Å². The van der Waals surface area contributed by atoms with Crippen LogP contribution in [0.5, 0.6) is 5.88 Å². The number of aromatic nitrogens is 3. The summed E-state index contributed by atoms with van der Waals surface area (Å²) in [6.45, 7) is 3.34. The van der Waals surface area contributed by atoms with Crippen molar-refractivity contribution in [3.05, 3.63) is 41.2 Å². The fourth-order valence-corrected chi connectivity index (χ4v) is 4.42. The molecule has 32 heavy (non-hydrogen) atoms. The average Bonchev–Trinajstić information content (AvgIpc) is 3.20. The molecule has 3 heterocycles. The number of ether oxygens (including phenoxy) is 2. The van der Waals surface area contributed by atoms with E-state index >= 15 is 0 Å². The number of amides is 2. The van der Waals surface area contributed by atoms with Crippen molar-refractivity contribution in [3.63, 3.8) is 0 Å². The van der Waals surface area contributed by atoms with E-state index < -0.39 is 6.23 Å². The molecule has 0 radical (unpaired) electrons. The van der Waals surface area contributed by atoms with E-state index in [1.165, 1.54) is 31.7 Å². The summed E-state index contributed by atoms with van der Waals surface area (Å²) in [7, 11) is 1.51. The molecule has 0 aliphatic carbocycles. The number of halogens is 1. The molecule has 1 saturated heterocycles. The zero-order valence-corrected chi connectivity index (χ0v) is 19.0. The maximum absolute atomic E-state index is 12.8. The van der Waals surface area contributed by atoms with Gasteiger partial charge in [0.2, 0.25) is 5.88 Å². The first-order valence-electron chi connectivity index (χ1n) is 9.83. The van der Waals surface area contributed by atoms with Gasteiger partial charge in [-0.15, -0.1) is 0 Å². The number of nitrogens with one attached hydrogen (secondary N) is 1. The number of anilines is 1. The topological polar surface area (TPSA) is 110 Å². The van der Waals surface area contributed by atoms with Crippen LogP contribution in [0.3, 0.4) is 0 Å². The van der Waals surface area contributed by atoms with Crippen LogP contribution in [0.2, 0.25) is 5.02 Å². The number of rotatable bonds is 5. The second-order valence-electron chi connectivity index (χ2n) is 7.03. The Morgan fingerprint density at radius 3 is 2.69 bits per heavy atom. The first-order valence-corrected chi connectivity index (χ1v) is 11.0. The minimum Gasteiger partial charge on any atom is -0.479 e. The first-order chi connectivity index (χ1) is 15.4. The van der Waals surface area contributed by atoms with Crippen LogP contribution < -0.4 is 10.1 Å². The Morgan fingerprint density at radius 1 is 1.22 bits per heavy atom. The minimum atomic E-state index is -0.563. The average molecular weight is 477 g/mol. The molecule has 0 saturated carbocycles. The molecule has 0 spiro atoms. The third-order valence-corrected chi connectivity index (χ3v) is 6.03. The van der Waals surface area contributed by atoms with Crippen molar-refractivity contribution in [1.29, 1.82) is 0 Å². The van der Waals surface area contributed by atoms with E-state index in [-0.39, 0.29) is 12.0 Å². The number of carbonyl (C=O) groups is 2. The second kappa shape index (κ2) is 9.63. The molecule has 168 valence electrons. The van der Waals surface area contributed by atoms with Crippen LogP contribution in [0, 0.1) is 0 Å². The van der Waals surface area contributed by atoms with Gasteiger partial charge in [0, 0.05) is 43.7 Å². The van der Waals surface area contributed by atoms with Gasteiger partial charge in [-0.2, -0.15) is 4.98 Å². The maximum Gasteiger partial charge on any atom is 0.323 e. The molecule has 1 aromatic carbocycles. The Kier molecular flexibility index (Phi) is 6.68. The number of hydrogen-bond donors (Lipinski definition) is 1. The molecule has 1 aliphatic heterocycles. The van der Waals surface area contributed by atoms with Gasteiger partial charge in [0.25, 0.3) is 0 Å². The molecule has 1 fully saturated rings. The molecule has 1 aliphatic rings. The monoisotopic (exact) mass is 476 g/mol. The fourth-order valence-electron chi connectivity index (χ4n) is 3.44. The smallest absolute Gasteiger partial charge is 0.323 e. The lowest BCUT2D eigenvalue weighted by molar-refractivity contribution is -0.159. The van der Waals surface area contributed by atoms with Crippen LogP contribution >= 0.6 is 22.9 Å². The van der Waals surface area contributed by atoms with E-state index in [1.807, 2.05) is 17.0 Å². The van der Waals surface area contributed by atoms with Crippen molar-refractivity contribution in [3.8, 4) is 5.88 Å². The van der Waals surface area contributed by atoms with Gasteiger partial charge in [0.1, 0.15) is 6.33 Å². The second-order valence-corrected chi connectivity index (χ2v) is 8.44. The molecule has 2 aromatic heterocycles. The molecule has 1 atom stereocenters. The molecule has 3 aromatic rings.